The van der Waals surface area contributed by atoms with Crippen molar-refractivity contribution in [2.75, 3.05) is 18.8 Å². The molecule has 0 aromatic heterocycles. The Morgan fingerprint density at radius 3 is 2.88 bits per heavy atom. The second-order valence-corrected chi connectivity index (χ2v) is 3.39. The van der Waals surface area contributed by atoms with Crippen LogP contribution in [0.25, 0.3) is 0 Å². The fourth-order valence-electron chi connectivity index (χ4n) is 1.47. The monoisotopic (exact) mass is 237 g/mol. The number of hydrogen-bond acceptors (Lipinski definition) is 5. The largest absolute Gasteiger partial charge is 0.497 e. The van der Waals surface area contributed by atoms with Gasteiger partial charge in [0.2, 0.25) is 0 Å². The van der Waals surface area contributed by atoms with Crippen LogP contribution in [0.2, 0.25) is 0 Å². The summed E-state index contributed by atoms with van der Waals surface area (Å²) in [6.45, 7) is 1.05. The number of ether oxygens (including phenoxy) is 2. The molecule has 0 saturated heterocycles. The highest BCUT2D eigenvalue weighted by Crippen LogP contribution is 2.35. The SMILES string of the molecule is COc1ccc2c(c1)OCC(=O)N2OC(C)=O. The molecule has 1 amide bonds. The molecule has 1 aliphatic rings. The summed E-state index contributed by atoms with van der Waals surface area (Å²) < 4.78 is 10.3. The Kier molecular flexibility index (Phi) is 2.86. The zero-order chi connectivity index (χ0) is 12.4. The van der Waals surface area contributed by atoms with Crippen LogP contribution in [0.5, 0.6) is 11.5 Å². The second kappa shape index (κ2) is 4.32. The molecule has 1 heterocycles. The first kappa shape index (κ1) is 11.3. The van der Waals surface area contributed by atoms with E-state index in [1.54, 1.807) is 18.2 Å². The van der Waals surface area contributed by atoms with Crippen molar-refractivity contribution >= 4 is 17.6 Å². The van der Waals surface area contributed by atoms with Gasteiger partial charge in [-0.3, -0.25) is 4.79 Å². The van der Waals surface area contributed by atoms with Crippen molar-refractivity contribution in [2.45, 2.75) is 6.92 Å². The maximum Gasteiger partial charge on any atom is 0.330 e. The van der Waals surface area contributed by atoms with Crippen LogP contribution >= 0.6 is 0 Å². The summed E-state index contributed by atoms with van der Waals surface area (Å²) in [6.07, 6.45) is 0. The van der Waals surface area contributed by atoms with E-state index in [0.717, 1.165) is 5.06 Å². The van der Waals surface area contributed by atoms with Gasteiger partial charge >= 0.3 is 5.97 Å². The summed E-state index contributed by atoms with van der Waals surface area (Å²) in [7, 11) is 1.53. The predicted molar refractivity (Wildman–Crippen MR) is 57.7 cm³/mol. The van der Waals surface area contributed by atoms with Gasteiger partial charge in [-0.05, 0) is 12.1 Å². The smallest absolute Gasteiger partial charge is 0.330 e. The average Bonchev–Trinajstić information content (AvgIpc) is 2.32. The molecular formula is C11H11NO5. The Bertz CT molecular complexity index is 471. The number of carbonyl (C=O) groups excluding carboxylic acids is 2. The molecule has 17 heavy (non-hydrogen) atoms. The lowest BCUT2D eigenvalue weighted by Crippen LogP contribution is -2.39. The van der Waals surface area contributed by atoms with Gasteiger partial charge in [-0.15, -0.1) is 5.06 Å². The van der Waals surface area contributed by atoms with Crippen molar-refractivity contribution in [1.29, 1.82) is 0 Å². The number of hydrogen-bond donors (Lipinski definition) is 0. The van der Waals surface area contributed by atoms with Crippen molar-refractivity contribution in [3.63, 3.8) is 0 Å². The van der Waals surface area contributed by atoms with Crippen LogP contribution in [0.15, 0.2) is 18.2 Å². The first-order valence-electron chi connectivity index (χ1n) is 4.94. The third-order valence-electron chi connectivity index (χ3n) is 2.18. The van der Waals surface area contributed by atoms with Crippen LogP contribution in [0.4, 0.5) is 5.69 Å². The minimum absolute atomic E-state index is 0.173. The van der Waals surface area contributed by atoms with Crippen LogP contribution in [0.1, 0.15) is 6.92 Å². The molecule has 0 unspecified atom stereocenters. The van der Waals surface area contributed by atoms with Crippen LogP contribution in [0.3, 0.4) is 0 Å². The molecule has 0 fully saturated rings. The first-order chi connectivity index (χ1) is 8.11. The number of amides is 1. The van der Waals surface area contributed by atoms with Gasteiger partial charge in [0, 0.05) is 13.0 Å². The van der Waals surface area contributed by atoms with E-state index < -0.39 is 11.9 Å². The van der Waals surface area contributed by atoms with Crippen LogP contribution in [-0.4, -0.2) is 25.6 Å². The number of methoxy groups -OCH3 is 1. The Labute approximate surface area is 97.6 Å². The molecule has 1 aliphatic heterocycles. The molecule has 0 saturated carbocycles. The van der Waals surface area contributed by atoms with E-state index >= 15 is 0 Å². The van der Waals surface area contributed by atoms with Crippen LogP contribution in [-0.2, 0) is 14.4 Å². The van der Waals surface area contributed by atoms with Crippen molar-refractivity contribution in [2.24, 2.45) is 0 Å². The maximum atomic E-state index is 11.5. The molecule has 6 heteroatoms. The number of carbonyl (C=O) groups is 2. The minimum atomic E-state index is -0.568. The third-order valence-corrected chi connectivity index (χ3v) is 2.18. The Morgan fingerprint density at radius 1 is 1.47 bits per heavy atom. The molecule has 0 atom stereocenters. The van der Waals surface area contributed by atoms with Gasteiger partial charge in [0.15, 0.2) is 12.4 Å². The number of nitrogens with zero attached hydrogens (tertiary/aromatic N) is 1. The zero-order valence-electron chi connectivity index (χ0n) is 9.43. The first-order valence-corrected chi connectivity index (χ1v) is 4.94. The highest BCUT2D eigenvalue weighted by atomic mass is 16.7. The molecule has 90 valence electrons. The summed E-state index contributed by atoms with van der Waals surface area (Å²) in [5, 5.41) is 0.931. The minimum Gasteiger partial charge on any atom is -0.497 e. The average molecular weight is 237 g/mol. The summed E-state index contributed by atoms with van der Waals surface area (Å²) in [5.41, 5.74) is 0.386. The molecule has 1 aromatic carbocycles. The van der Waals surface area contributed by atoms with E-state index in [2.05, 4.69) is 0 Å². The lowest BCUT2D eigenvalue weighted by Gasteiger charge is -2.27. The van der Waals surface area contributed by atoms with Crippen molar-refractivity contribution < 1.29 is 23.9 Å². The number of fused-ring (bicyclic) bond motifs is 1. The fraction of sp³-hybridized carbons (Fsp3) is 0.273. The van der Waals surface area contributed by atoms with Gasteiger partial charge in [-0.1, -0.05) is 0 Å². The summed E-state index contributed by atoms with van der Waals surface area (Å²) in [4.78, 5) is 27.3. The van der Waals surface area contributed by atoms with E-state index in [1.807, 2.05) is 0 Å². The molecule has 0 bridgehead atoms. The number of hydroxylamine groups is 1. The van der Waals surface area contributed by atoms with Crippen molar-refractivity contribution in [3.8, 4) is 11.5 Å². The summed E-state index contributed by atoms with van der Waals surface area (Å²) in [6, 6.07) is 4.86. The Morgan fingerprint density at radius 2 is 2.24 bits per heavy atom. The van der Waals surface area contributed by atoms with Crippen LogP contribution in [0, 0.1) is 0 Å². The van der Waals surface area contributed by atoms with E-state index in [4.69, 9.17) is 14.3 Å². The normalized spacial score (nSPS) is 13.8. The molecule has 0 N–H and O–H groups in total. The van der Waals surface area contributed by atoms with Crippen molar-refractivity contribution in [1.82, 2.24) is 0 Å². The number of rotatable bonds is 2. The third kappa shape index (κ3) is 2.15. The highest BCUT2D eigenvalue weighted by Gasteiger charge is 2.28. The maximum absolute atomic E-state index is 11.5. The topological polar surface area (TPSA) is 65.1 Å². The van der Waals surface area contributed by atoms with Gasteiger partial charge in [0.05, 0.1) is 7.11 Å². The fourth-order valence-corrected chi connectivity index (χ4v) is 1.47. The molecule has 2 rings (SSSR count). The van der Waals surface area contributed by atoms with Gasteiger partial charge in [0.1, 0.15) is 11.4 Å². The summed E-state index contributed by atoms with van der Waals surface area (Å²) in [5.74, 6) is 0.0333. The molecular weight excluding hydrogens is 226 g/mol. The molecule has 0 radical (unpaired) electrons. The van der Waals surface area contributed by atoms with Gasteiger partial charge in [0.25, 0.3) is 5.91 Å². The zero-order valence-corrected chi connectivity index (χ0v) is 9.43. The van der Waals surface area contributed by atoms with Crippen molar-refractivity contribution in [3.05, 3.63) is 18.2 Å². The Hall–Kier alpha value is -2.24. The summed E-state index contributed by atoms with van der Waals surface area (Å²) >= 11 is 0. The number of benzene rings is 1. The van der Waals surface area contributed by atoms with E-state index in [9.17, 15) is 9.59 Å². The van der Waals surface area contributed by atoms with Gasteiger partial charge in [-0.25, -0.2) is 4.79 Å². The van der Waals surface area contributed by atoms with E-state index in [1.165, 1.54) is 14.0 Å². The standard InChI is InChI=1S/C11H11NO5/c1-7(13)17-12-9-4-3-8(15-2)5-10(9)16-6-11(12)14/h3-5H,6H2,1-2H3. The lowest BCUT2D eigenvalue weighted by molar-refractivity contribution is -0.149. The van der Waals surface area contributed by atoms with Crippen LogP contribution < -0.4 is 14.5 Å². The van der Waals surface area contributed by atoms with Gasteiger partial charge in [-0.2, -0.15) is 0 Å². The molecule has 0 aliphatic carbocycles. The second-order valence-electron chi connectivity index (χ2n) is 3.39. The Balaban J connectivity index is 2.37. The number of anilines is 1. The lowest BCUT2D eigenvalue weighted by atomic mass is 10.2. The quantitative estimate of drug-likeness (QED) is 0.764. The predicted octanol–water partition coefficient (Wildman–Crippen LogP) is 0.899. The molecule has 6 nitrogen and oxygen atoms in total. The van der Waals surface area contributed by atoms with E-state index in [0.29, 0.717) is 17.2 Å². The molecule has 1 aromatic rings. The highest BCUT2D eigenvalue weighted by molar-refractivity contribution is 5.97. The van der Waals surface area contributed by atoms with E-state index in [-0.39, 0.29) is 6.61 Å². The van der Waals surface area contributed by atoms with Gasteiger partial charge < -0.3 is 14.3 Å². The molecule has 0 spiro atoms.